The van der Waals surface area contributed by atoms with Gasteiger partial charge in [-0.3, -0.25) is 4.79 Å². The summed E-state index contributed by atoms with van der Waals surface area (Å²) >= 11 is 1.61. The molecule has 2 aromatic rings. The fourth-order valence-electron chi connectivity index (χ4n) is 5.13. The van der Waals surface area contributed by atoms with E-state index in [0.29, 0.717) is 37.1 Å². The molecule has 1 fully saturated rings. The molecule has 2 aliphatic rings. The lowest BCUT2D eigenvalue weighted by Crippen LogP contribution is -2.44. The van der Waals surface area contributed by atoms with Gasteiger partial charge in [-0.05, 0) is 63.9 Å². The summed E-state index contributed by atoms with van der Waals surface area (Å²) in [6.45, 7) is 11.8. The van der Waals surface area contributed by atoms with Crippen molar-refractivity contribution in [3.8, 4) is 0 Å². The summed E-state index contributed by atoms with van der Waals surface area (Å²) in [5.74, 6) is -0.973. The van der Waals surface area contributed by atoms with Crippen molar-refractivity contribution in [3.63, 3.8) is 0 Å². The van der Waals surface area contributed by atoms with E-state index in [0.717, 1.165) is 27.0 Å². The van der Waals surface area contributed by atoms with Gasteiger partial charge in [-0.25, -0.2) is 9.59 Å². The second-order valence-corrected chi connectivity index (χ2v) is 11.7. The van der Waals surface area contributed by atoms with Crippen LogP contribution in [0.3, 0.4) is 0 Å². The van der Waals surface area contributed by atoms with Crippen LogP contribution in [0.25, 0.3) is 10.1 Å². The first kappa shape index (κ1) is 26.9. The van der Waals surface area contributed by atoms with E-state index in [-0.39, 0.29) is 18.0 Å². The summed E-state index contributed by atoms with van der Waals surface area (Å²) < 4.78 is 12.6. The van der Waals surface area contributed by atoms with Crippen LogP contribution in [0, 0.1) is 0 Å². The van der Waals surface area contributed by atoms with E-state index < -0.39 is 17.5 Å². The molecule has 0 N–H and O–H groups in total. The van der Waals surface area contributed by atoms with Crippen molar-refractivity contribution in [2.45, 2.75) is 72.0 Å². The number of hydrogen-bond acceptors (Lipinski definition) is 7. The highest BCUT2D eigenvalue weighted by Gasteiger charge is 2.40. The Kier molecular flexibility index (Phi) is 7.51. The molecule has 1 unspecified atom stereocenters. The van der Waals surface area contributed by atoms with Crippen LogP contribution < -0.4 is 0 Å². The van der Waals surface area contributed by atoms with E-state index in [1.807, 2.05) is 64.8 Å². The molecule has 0 saturated carbocycles. The molecule has 1 atom stereocenters. The molecule has 1 amide bonds. The quantitative estimate of drug-likeness (QED) is 0.456. The minimum absolute atomic E-state index is 0.0619. The highest BCUT2D eigenvalue weighted by molar-refractivity contribution is 7.17. The van der Waals surface area contributed by atoms with Crippen molar-refractivity contribution < 1.29 is 23.9 Å². The van der Waals surface area contributed by atoms with Crippen molar-refractivity contribution in [2.24, 2.45) is 0 Å². The molecule has 1 saturated heterocycles. The second kappa shape index (κ2) is 10.3. The number of ketones is 1. The van der Waals surface area contributed by atoms with Gasteiger partial charge in [0.15, 0.2) is 5.78 Å². The minimum atomic E-state index is -0.557. The second-order valence-electron chi connectivity index (χ2n) is 10.8. The zero-order valence-electron chi connectivity index (χ0n) is 22.7. The molecule has 2 aliphatic heterocycles. The number of thiophene rings is 1. The molecule has 0 aliphatic carbocycles. The third-order valence-electron chi connectivity index (χ3n) is 7.15. The molecule has 0 radical (unpaired) electrons. The van der Waals surface area contributed by atoms with E-state index >= 15 is 0 Å². The summed E-state index contributed by atoms with van der Waals surface area (Å²) in [7, 11) is 1.88. The smallest absolute Gasteiger partial charge is 0.410 e. The number of rotatable bonds is 4. The first-order chi connectivity index (χ1) is 17.4. The number of allylic oxidation sites excluding steroid dienone is 3. The van der Waals surface area contributed by atoms with Gasteiger partial charge in [-0.2, -0.15) is 0 Å². The van der Waals surface area contributed by atoms with Crippen LogP contribution in [-0.2, 0) is 19.1 Å². The number of amides is 1. The van der Waals surface area contributed by atoms with Crippen LogP contribution in [0.2, 0.25) is 0 Å². The number of esters is 1. The Morgan fingerprint density at radius 2 is 1.62 bits per heavy atom. The third-order valence-corrected chi connectivity index (χ3v) is 8.13. The van der Waals surface area contributed by atoms with Gasteiger partial charge in [-0.15, -0.1) is 11.3 Å². The van der Waals surface area contributed by atoms with E-state index in [4.69, 9.17) is 9.47 Å². The van der Waals surface area contributed by atoms with Crippen molar-refractivity contribution in [1.82, 2.24) is 9.80 Å². The molecular formula is C29H36N2O5S. The molecule has 0 bridgehead atoms. The minimum Gasteiger partial charge on any atom is -0.459 e. The Hall–Kier alpha value is -3.13. The van der Waals surface area contributed by atoms with Crippen LogP contribution in [0.4, 0.5) is 4.79 Å². The van der Waals surface area contributed by atoms with Crippen molar-refractivity contribution in [1.29, 1.82) is 0 Å². The number of hydrogen-bond donors (Lipinski definition) is 0. The lowest BCUT2D eigenvalue weighted by atomic mass is 9.78. The monoisotopic (exact) mass is 524 g/mol. The number of nitrogens with zero attached hydrogens (tertiary/aromatic N) is 2. The average molecular weight is 525 g/mol. The fraction of sp³-hybridized carbons (Fsp3) is 0.483. The highest BCUT2D eigenvalue weighted by atomic mass is 32.1. The number of benzene rings is 1. The average Bonchev–Trinajstić information content (AvgIpc) is 3.25. The number of piperidine rings is 1. The first-order valence-electron chi connectivity index (χ1n) is 12.7. The molecule has 8 heteroatoms. The standard InChI is InChI=1S/C29H36N2O5S/c1-17-24(19(3)32)26(22-16-37-23-11-9-8-10-21(22)23)25(18(2)30(17)7)27(33)35-20-12-14-31(15-13-20)28(34)36-29(4,5)6/h8-11,16,20,26H,12-15H2,1-7H3. The van der Waals surface area contributed by atoms with Gasteiger partial charge in [0.1, 0.15) is 11.7 Å². The van der Waals surface area contributed by atoms with E-state index in [9.17, 15) is 14.4 Å². The Bertz CT molecular complexity index is 1290. The summed E-state index contributed by atoms with van der Waals surface area (Å²) in [6, 6.07) is 8.06. The molecule has 37 heavy (non-hydrogen) atoms. The molecule has 1 aromatic heterocycles. The van der Waals surface area contributed by atoms with Crippen molar-refractivity contribution in [3.05, 3.63) is 57.7 Å². The Morgan fingerprint density at radius 1 is 1.00 bits per heavy atom. The van der Waals surface area contributed by atoms with Crippen LogP contribution in [-0.4, -0.2) is 59.5 Å². The van der Waals surface area contributed by atoms with Gasteiger partial charge >= 0.3 is 12.1 Å². The normalized spacial score (nSPS) is 19.5. The molecule has 4 rings (SSSR count). The van der Waals surface area contributed by atoms with Crippen molar-refractivity contribution in [2.75, 3.05) is 20.1 Å². The molecule has 198 valence electrons. The van der Waals surface area contributed by atoms with Crippen LogP contribution >= 0.6 is 11.3 Å². The van der Waals surface area contributed by atoms with Gasteiger partial charge in [0.25, 0.3) is 0 Å². The Morgan fingerprint density at radius 3 is 2.24 bits per heavy atom. The van der Waals surface area contributed by atoms with E-state index in [1.165, 1.54) is 0 Å². The molecule has 3 heterocycles. The predicted octanol–water partition coefficient (Wildman–Crippen LogP) is 6.01. The summed E-state index contributed by atoms with van der Waals surface area (Å²) in [5, 5.41) is 3.09. The van der Waals surface area contributed by atoms with Gasteiger partial charge in [-0.1, -0.05) is 18.2 Å². The number of Topliss-reactive ketones (excluding diaryl/α,β-unsaturated/α-hetero) is 1. The number of carbonyl (C=O) groups excluding carboxylic acids is 3. The summed E-state index contributed by atoms with van der Waals surface area (Å²) in [4.78, 5) is 42.8. The van der Waals surface area contributed by atoms with Crippen LogP contribution in [0.1, 0.15) is 65.9 Å². The number of ether oxygens (including phenoxy) is 2. The topological polar surface area (TPSA) is 76.2 Å². The van der Waals surface area contributed by atoms with Crippen LogP contribution in [0.15, 0.2) is 52.2 Å². The fourth-order valence-corrected chi connectivity index (χ4v) is 6.12. The molecule has 0 spiro atoms. The third kappa shape index (κ3) is 5.44. The van der Waals surface area contributed by atoms with E-state index in [1.54, 1.807) is 23.2 Å². The molecule has 7 nitrogen and oxygen atoms in total. The summed E-state index contributed by atoms with van der Waals surface area (Å²) in [5.41, 5.74) is 3.12. The Labute approximate surface area is 222 Å². The summed E-state index contributed by atoms with van der Waals surface area (Å²) in [6.07, 6.45) is 0.409. The van der Waals surface area contributed by atoms with Gasteiger partial charge in [0, 0.05) is 60.6 Å². The van der Waals surface area contributed by atoms with Gasteiger partial charge < -0.3 is 19.3 Å². The largest absolute Gasteiger partial charge is 0.459 e. The zero-order valence-corrected chi connectivity index (χ0v) is 23.5. The predicted molar refractivity (Wildman–Crippen MR) is 145 cm³/mol. The molecular weight excluding hydrogens is 488 g/mol. The van der Waals surface area contributed by atoms with Crippen molar-refractivity contribution >= 4 is 39.3 Å². The maximum Gasteiger partial charge on any atom is 0.410 e. The van der Waals surface area contributed by atoms with Crippen LogP contribution in [0.5, 0.6) is 0 Å². The number of likely N-dealkylation sites (tertiary alicyclic amines) is 1. The van der Waals surface area contributed by atoms with E-state index in [2.05, 4.69) is 11.4 Å². The van der Waals surface area contributed by atoms with Gasteiger partial charge in [0.05, 0.1) is 5.57 Å². The lowest BCUT2D eigenvalue weighted by molar-refractivity contribution is -0.146. The number of fused-ring (bicyclic) bond motifs is 1. The number of carbonyl (C=O) groups is 3. The maximum absolute atomic E-state index is 13.8. The molecule has 1 aromatic carbocycles. The Balaban J connectivity index is 1.61. The maximum atomic E-state index is 13.8. The SMILES string of the molecule is CC(=O)C1=C(C)N(C)C(C)=C(C(=O)OC2CCN(C(=O)OC(C)(C)C)CC2)C1c1csc2ccccc12. The first-order valence-corrected chi connectivity index (χ1v) is 13.6. The highest BCUT2D eigenvalue weighted by Crippen LogP contribution is 2.46. The zero-order chi connectivity index (χ0) is 27.1. The lowest BCUT2D eigenvalue weighted by Gasteiger charge is -2.37. The van der Waals surface area contributed by atoms with Gasteiger partial charge in [0.2, 0.25) is 0 Å².